The summed E-state index contributed by atoms with van der Waals surface area (Å²) in [6, 6.07) is 6.46. The lowest BCUT2D eigenvalue weighted by Gasteiger charge is -2.24. The van der Waals surface area contributed by atoms with Crippen molar-refractivity contribution in [2.24, 2.45) is 0 Å². The van der Waals surface area contributed by atoms with Gasteiger partial charge in [-0.1, -0.05) is 23.7 Å². The van der Waals surface area contributed by atoms with Gasteiger partial charge in [-0.3, -0.25) is 0 Å². The van der Waals surface area contributed by atoms with Crippen molar-refractivity contribution in [2.75, 3.05) is 18.5 Å². The van der Waals surface area contributed by atoms with Gasteiger partial charge in [0.15, 0.2) is 0 Å². The zero-order valence-corrected chi connectivity index (χ0v) is 9.68. The van der Waals surface area contributed by atoms with Gasteiger partial charge < -0.3 is 10.1 Å². The Hall–Kier alpha value is -0.730. The third kappa shape index (κ3) is 2.64. The van der Waals surface area contributed by atoms with E-state index in [1.165, 1.54) is 0 Å². The van der Waals surface area contributed by atoms with Gasteiger partial charge in [0, 0.05) is 12.6 Å². The van der Waals surface area contributed by atoms with Crippen LogP contribution in [0, 0.1) is 6.92 Å². The van der Waals surface area contributed by atoms with Crippen molar-refractivity contribution < 1.29 is 4.74 Å². The second-order valence-corrected chi connectivity index (χ2v) is 4.37. The van der Waals surface area contributed by atoms with Crippen LogP contribution in [0.25, 0.3) is 0 Å². The average Bonchev–Trinajstić information content (AvgIpc) is 2.26. The largest absolute Gasteiger partial charge is 0.379 e. The predicted octanol–water partition coefficient (Wildman–Crippen LogP) is 3.24. The molecule has 1 aromatic rings. The van der Waals surface area contributed by atoms with Crippen LogP contribution in [0.4, 0.5) is 5.69 Å². The number of aryl methyl sites for hydroxylation is 1. The summed E-state index contributed by atoms with van der Waals surface area (Å²) in [6.07, 6.45) is 2.28. The van der Waals surface area contributed by atoms with Crippen LogP contribution < -0.4 is 5.32 Å². The van der Waals surface area contributed by atoms with Gasteiger partial charge in [0.25, 0.3) is 0 Å². The number of halogens is 1. The van der Waals surface area contributed by atoms with Gasteiger partial charge in [-0.25, -0.2) is 0 Å². The number of benzene rings is 1. The summed E-state index contributed by atoms with van der Waals surface area (Å²) in [4.78, 5) is 0. The van der Waals surface area contributed by atoms with Crippen molar-refractivity contribution >= 4 is 17.3 Å². The summed E-state index contributed by atoms with van der Waals surface area (Å²) in [7, 11) is 0. The molecule has 3 heteroatoms. The zero-order chi connectivity index (χ0) is 10.7. The molecule has 0 bridgehead atoms. The fourth-order valence-electron chi connectivity index (χ4n) is 1.83. The van der Waals surface area contributed by atoms with Crippen LogP contribution in [0.1, 0.15) is 18.4 Å². The Morgan fingerprint density at radius 3 is 3.07 bits per heavy atom. The van der Waals surface area contributed by atoms with Gasteiger partial charge in [-0.15, -0.1) is 0 Å². The number of hydrogen-bond acceptors (Lipinski definition) is 2. The Kier molecular flexibility index (Phi) is 3.49. The van der Waals surface area contributed by atoms with Crippen LogP contribution in [-0.2, 0) is 4.74 Å². The summed E-state index contributed by atoms with van der Waals surface area (Å²) < 4.78 is 5.42. The molecule has 1 aliphatic heterocycles. The number of nitrogens with one attached hydrogen (secondary N) is 1. The van der Waals surface area contributed by atoms with Crippen molar-refractivity contribution in [3.8, 4) is 0 Å². The van der Waals surface area contributed by atoms with Gasteiger partial charge in [0.05, 0.1) is 17.3 Å². The summed E-state index contributed by atoms with van der Waals surface area (Å²) in [5, 5.41) is 4.26. The van der Waals surface area contributed by atoms with Crippen molar-refractivity contribution in [3.63, 3.8) is 0 Å². The quantitative estimate of drug-likeness (QED) is 0.835. The van der Waals surface area contributed by atoms with E-state index in [2.05, 4.69) is 5.32 Å². The number of hydrogen-bond donors (Lipinski definition) is 1. The first kappa shape index (κ1) is 10.8. The normalized spacial score (nSPS) is 21.3. The molecule has 1 aromatic carbocycles. The highest BCUT2D eigenvalue weighted by atomic mass is 35.5. The van der Waals surface area contributed by atoms with E-state index in [0.29, 0.717) is 6.04 Å². The van der Waals surface area contributed by atoms with Crippen LogP contribution in [-0.4, -0.2) is 19.3 Å². The van der Waals surface area contributed by atoms with Gasteiger partial charge in [0.1, 0.15) is 0 Å². The highest BCUT2D eigenvalue weighted by Gasteiger charge is 2.14. The fraction of sp³-hybridized carbons (Fsp3) is 0.500. The van der Waals surface area contributed by atoms with Crippen LogP contribution in [0.2, 0.25) is 5.02 Å². The van der Waals surface area contributed by atoms with Gasteiger partial charge in [-0.2, -0.15) is 0 Å². The minimum atomic E-state index is 0.401. The van der Waals surface area contributed by atoms with Crippen LogP contribution in [0.15, 0.2) is 18.2 Å². The Morgan fingerprint density at radius 1 is 1.47 bits per heavy atom. The zero-order valence-electron chi connectivity index (χ0n) is 8.92. The first-order valence-electron chi connectivity index (χ1n) is 5.37. The maximum Gasteiger partial charge on any atom is 0.0667 e. The fourth-order valence-corrected chi connectivity index (χ4v) is 2.01. The summed E-state index contributed by atoms with van der Waals surface area (Å²) in [5.41, 5.74) is 2.13. The molecule has 1 N–H and O–H groups in total. The molecule has 1 aliphatic rings. The predicted molar refractivity (Wildman–Crippen MR) is 63.7 cm³/mol. The smallest absolute Gasteiger partial charge is 0.0667 e. The number of rotatable bonds is 2. The van der Waals surface area contributed by atoms with E-state index in [1.807, 2.05) is 25.1 Å². The van der Waals surface area contributed by atoms with E-state index < -0.39 is 0 Å². The minimum absolute atomic E-state index is 0.401. The molecule has 1 unspecified atom stereocenters. The molecular weight excluding hydrogens is 210 g/mol. The van der Waals surface area contributed by atoms with Gasteiger partial charge in [0.2, 0.25) is 0 Å². The van der Waals surface area contributed by atoms with E-state index in [4.69, 9.17) is 16.3 Å². The molecule has 82 valence electrons. The molecule has 1 heterocycles. The molecule has 0 saturated carbocycles. The molecule has 0 amide bonds. The molecule has 15 heavy (non-hydrogen) atoms. The Balaban J connectivity index is 2.06. The standard InChI is InChI=1S/C12H16ClNO/c1-9-4-2-6-11(12(9)13)14-10-5-3-7-15-8-10/h2,4,6,10,14H,3,5,7-8H2,1H3. The lowest BCUT2D eigenvalue weighted by atomic mass is 10.1. The first-order valence-corrected chi connectivity index (χ1v) is 5.74. The summed E-state index contributed by atoms with van der Waals surface area (Å²) >= 11 is 6.21. The van der Waals surface area contributed by atoms with Crippen molar-refractivity contribution in [1.82, 2.24) is 0 Å². The molecular formula is C12H16ClNO. The van der Waals surface area contributed by atoms with Crippen LogP contribution in [0.5, 0.6) is 0 Å². The Morgan fingerprint density at radius 2 is 2.33 bits per heavy atom. The lowest BCUT2D eigenvalue weighted by Crippen LogP contribution is -2.30. The van der Waals surface area contributed by atoms with Crippen molar-refractivity contribution in [3.05, 3.63) is 28.8 Å². The van der Waals surface area contributed by atoms with E-state index >= 15 is 0 Å². The van der Waals surface area contributed by atoms with Crippen LogP contribution in [0.3, 0.4) is 0 Å². The lowest BCUT2D eigenvalue weighted by molar-refractivity contribution is 0.0876. The first-order chi connectivity index (χ1) is 7.27. The van der Waals surface area contributed by atoms with Crippen molar-refractivity contribution in [2.45, 2.75) is 25.8 Å². The molecule has 1 atom stereocenters. The molecule has 2 rings (SSSR count). The SMILES string of the molecule is Cc1cccc(NC2CCCOC2)c1Cl. The molecule has 0 aromatic heterocycles. The van der Waals surface area contributed by atoms with Crippen molar-refractivity contribution in [1.29, 1.82) is 0 Å². The molecule has 2 nitrogen and oxygen atoms in total. The van der Waals surface area contributed by atoms with E-state index in [1.54, 1.807) is 0 Å². The molecule has 0 aliphatic carbocycles. The average molecular weight is 226 g/mol. The Bertz CT molecular complexity index is 334. The summed E-state index contributed by atoms with van der Waals surface area (Å²) in [6.45, 7) is 3.69. The highest BCUT2D eigenvalue weighted by Crippen LogP contribution is 2.26. The number of anilines is 1. The maximum absolute atomic E-state index is 6.21. The second kappa shape index (κ2) is 4.86. The third-order valence-corrected chi connectivity index (χ3v) is 3.21. The molecule has 0 spiro atoms. The van der Waals surface area contributed by atoms with E-state index in [9.17, 15) is 0 Å². The second-order valence-electron chi connectivity index (χ2n) is 3.99. The molecule has 1 fully saturated rings. The van der Waals surface area contributed by atoms with Gasteiger partial charge >= 0.3 is 0 Å². The topological polar surface area (TPSA) is 21.3 Å². The molecule has 0 radical (unpaired) electrons. The van der Waals surface area contributed by atoms with E-state index in [0.717, 1.165) is 42.3 Å². The van der Waals surface area contributed by atoms with E-state index in [-0.39, 0.29) is 0 Å². The number of ether oxygens (including phenoxy) is 1. The highest BCUT2D eigenvalue weighted by molar-refractivity contribution is 6.34. The van der Waals surface area contributed by atoms with Crippen LogP contribution >= 0.6 is 11.6 Å². The monoisotopic (exact) mass is 225 g/mol. The Labute approximate surface area is 95.6 Å². The molecule has 1 saturated heterocycles. The third-order valence-electron chi connectivity index (χ3n) is 2.71. The maximum atomic E-state index is 6.21. The summed E-state index contributed by atoms with van der Waals surface area (Å²) in [5.74, 6) is 0. The minimum Gasteiger partial charge on any atom is -0.379 e. The van der Waals surface area contributed by atoms with Gasteiger partial charge in [-0.05, 0) is 31.4 Å².